The van der Waals surface area contributed by atoms with Crippen LogP contribution in [0.2, 0.25) is 0 Å². The average molecular weight is 472 g/mol. The summed E-state index contributed by atoms with van der Waals surface area (Å²) in [4.78, 5) is 5.52. The summed E-state index contributed by atoms with van der Waals surface area (Å²) in [5.74, 6) is 5.45. The van der Waals surface area contributed by atoms with E-state index in [9.17, 15) is 5.11 Å². The fourth-order valence-electron chi connectivity index (χ4n) is 9.03. The van der Waals surface area contributed by atoms with Crippen molar-refractivity contribution in [1.82, 2.24) is 4.98 Å². The Bertz CT molecular complexity index is 789. The first kappa shape index (κ1) is 24.1. The number of ether oxygens (including phenoxy) is 1. The van der Waals surface area contributed by atoms with Crippen molar-refractivity contribution in [3.8, 4) is 0 Å². The summed E-state index contributed by atoms with van der Waals surface area (Å²) in [6.45, 7) is 8.21. The summed E-state index contributed by atoms with van der Waals surface area (Å²) >= 11 is 2.01. The molecule has 1 heterocycles. The van der Waals surface area contributed by atoms with Crippen molar-refractivity contribution >= 4 is 11.8 Å². The first-order valence-corrected chi connectivity index (χ1v) is 14.8. The first-order chi connectivity index (χ1) is 16.0. The molecule has 4 aliphatic rings. The predicted molar refractivity (Wildman–Crippen MR) is 136 cm³/mol. The van der Waals surface area contributed by atoms with Crippen LogP contribution in [0.15, 0.2) is 29.4 Å². The molecule has 33 heavy (non-hydrogen) atoms. The van der Waals surface area contributed by atoms with Crippen molar-refractivity contribution in [2.24, 2.45) is 40.4 Å². The van der Waals surface area contributed by atoms with E-state index in [0.717, 1.165) is 49.5 Å². The Morgan fingerprint density at radius 2 is 1.85 bits per heavy atom. The lowest BCUT2D eigenvalue weighted by Crippen LogP contribution is -2.57. The number of hydrogen-bond donors (Lipinski definition) is 1. The zero-order valence-corrected chi connectivity index (χ0v) is 21.9. The van der Waals surface area contributed by atoms with Gasteiger partial charge < -0.3 is 9.84 Å². The molecular formula is C29H45NO2S. The normalized spacial score (nSPS) is 44.7. The van der Waals surface area contributed by atoms with Crippen molar-refractivity contribution in [1.29, 1.82) is 0 Å². The van der Waals surface area contributed by atoms with Crippen molar-refractivity contribution in [2.45, 2.75) is 102 Å². The zero-order chi connectivity index (χ0) is 23.1. The number of rotatable bonds is 7. The molecule has 4 saturated carbocycles. The third-order valence-electron chi connectivity index (χ3n) is 10.8. The van der Waals surface area contributed by atoms with Gasteiger partial charge in [0.2, 0.25) is 0 Å². The number of aliphatic hydroxyl groups is 1. The van der Waals surface area contributed by atoms with E-state index < -0.39 is 0 Å². The van der Waals surface area contributed by atoms with Crippen LogP contribution in [0.4, 0.5) is 0 Å². The standard InChI is InChI=1S/C29H45NO2S/c1-4-16-32-27-19-29(3)21(18-26(27)31)5-7-23-24-8-6-20(28(24,2)13-9-25(23)29)12-17-33-22-10-14-30-15-11-22/h10-11,14-15,20-21,23-27,31H,4-9,12-13,16-19H2,1-3H3/t20-,21+,23+,24+,25+,26?,27+,28-,29+/m1/s1. The number of aromatic nitrogens is 1. The Balaban J connectivity index is 1.26. The van der Waals surface area contributed by atoms with Crippen molar-refractivity contribution in [3.05, 3.63) is 24.5 Å². The number of aliphatic hydroxyl groups excluding tert-OH is 1. The number of nitrogens with zero attached hydrogens (tertiary/aromatic N) is 1. The molecule has 0 amide bonds. The molecule has 0 bridgehead atoms. The largest absolute Gasteiger partial charge is 0.390 e. The van der Waals surface area contributed by atoms with Crippen molar-refractivity contribution in [2.75, 3.05) is 12.4 Å². The van der Waals surface area contributed by atoms with E-state index in [0.29, 0.717) is 16.7 Å². The monoisotopic (exact) mass is 471 g/mol. The number of hydrogen-bond acceptors (Lipinski definition) is 4. The zero-order valence-electron chi connectivity index (χ0n) is 21.0. The SMILES string of the molecule is CCCO[C@H]1C[C@@]2(C)[C@@H](CC[C@@H]3[C@@H]2CC[C@]2(C)[C@@H](CCSc4ccncc4)CC[C@@H]32)CC1O. The fraction of sp³-hybridized carbons (Fsp3) is 0.828. The summed E-state index contributed by atoms with van der Waals surface area (Å²) < 4.78 is 6.19. The summed E-state index contributed by atoms with van der Waals surface area (Å²) in [5, 5.41) is 10.8. The van der Waals surface area contributed by atoms with Gasteiger partial charge in [0, 0.05) is 23.9 Å². The second-order valence-corrected chi connectivity index (χ2v) is 13.4. The van der Waals surface area contributed by atoms with Gasteiger partial charge in [0.25, 0.3) is 0 Å². The highest BCUT2D eigenvalue weighted by molar-refractivity contribution is 7.99. The number of thioether (sulfide) groups is 1. The molecule has 0 aromatic carbocycles. The van der Waals surface area contributed by atoms with Crippen molar-refractivity contribution in [3.63, 3.8) is 0 Å². The van der Waals surface area contributed by atoms with Gasteiger partial charge >= 0.3 is 0 Å². The van der Waals surface area contributed by atoms with Crippen LogP contribution in [0.5, 0.6) is 0 Å². The van der Waals surface area contributed by atoms with Crippen LogP contribution in [-0.4, -0.2) is 34.7 Å². The molecule has 3 nitrogen and oxygen atoms in total. The fourth-order valence-corrected chi connectivity index (χ4v) is 9.98. The van der Waals surface area contributed by atoms with Crippen LogP contribution in [-0.2, 0) is 4.74 Å². The van der Waals surface area contributed by atoms with E-state index in [2.05, 4.69) is 37.9 Å². The summed E-state index contributed by atoms with van der Waals surface area (Å²) in [6, 6.07) is 4.29. The van der Waals surface area contributed by atoms with Crippen molar-refractivity contribution < 1.29 is 9.84 Å². The number of fused-ring (bicyclic) bond motifs is 5. The third-order valence-corrected chi connectivity index (χ3v) is 11.8. The molecule has 4 heteroatoms. The third kappa shape index (κ3) is 4.42. The Kier molecular flexibility index (Phi) is 7.18. The first-order valence-electron chi connectivity index (χ1n) is 13.8. The minimum Gasteiger partial charge on any atom is -0.390 e. The van der Waals surface area contributed by atoms with Gasteiger partial charge in [-0.05, 0) is 123 Å². The highest BCUT2D eigenvalue weighted by Crippen LogP contribution is 2.68. The van der Waals surface area contributed by atoms with Crippen LogP contribution in [0.1, 0.15) is 85.0 Å². The molecule has 1 N–H and O–H groups in total. The molecule has 0 saturated heterocycles. The molecule has 4 fully saturated rings. The van der Waals surface area contributed by atoms with Gasteiger partial charge in [-0.1, -0.05) is 20.8 Å². The maximum atomic E-state index is 10.8. The Hall–Kier alpha value is -0.580. The summed E-state index contributed by atoms with van der Waals surface area (Å²) in [7, 11) is 0. The minimum absolute atomic E-state index is 0.0554. The second-order valence-electron chi connectivity index (χ2n) is 12.2. The lowest BCUT2D eigenvalue weighted by atomic mass is 9.44. The van der Waals surface area contributed by atoms with E-state index in [1.807, 2.05) is 24.2 Å². The lowest BCUT2D eigenvalue weighted by Gasteiger charge is -2.61. The van der Waals surface area contributed by atoms with Gasteiger partial charge in [-0.15, -0.1) is 11.8 Å². The molecule has 0 spiro atoms. The number of pyridine rings is 1. The predicted octanol–water partition coefficient (Wildman–Crippen LogP) is 6.99. The van der Waals surface area contributed by atoms with Gasteiger partial charge in [0.1, 0.15) is 0 Å². The van der Waals surface area contributed by atoms with Gasteiger partial charge in [-0.3, -0.25) is 4.98 Å². The van der Waals surface area contributed by atoms with E-state index >= 15 is 0 Å². The van der Waals surface area contributed by atoms with E-state index in [1.165, 1.54) is 55.6 Å². The van der Waals surface area contributed by atoms with Crippen LogP contribution in [0.3, 0.4) is 0 Å². The Morgan fingerprint density at radius 3 is 2.64 bits per heavy atom. The van der Waals surface area contributed by atoms with E-state index in [4.69, 9.17) is 4.74 Å². The Morgan fingerprint density at radius 1 is 1.06 bits per heavy atom. The molecule has 9 atom stereocenters. The van der Waals surface area contributed by atoms with E-state index in [-0.39, 0.29) is 12.2 Å². The van der Waals surface area contributed by atoms with Gasteiger partial charge in [0.05, 0.1) is 12.2 Å². The molecule has 1 aromatic heterocycles. The molecule has 0 radical (unpaired) electrons. The maximum Gasteiger partial charge on any atom is 0.0839 e. The topological polar surface area (TPSA) is 42.4 Å². The second kappa shape index (κ2) is 9.82. The quantitative estimate of drug-likeness (QED) is 0.435. The summed E-state index contributed by atoms with van der Waals surface area (Å²) in [6.07, 6.45) is 16.5. The Labute approximate surface area is 205 Å². The van der Waals surface area contributed by atoms with Crippen LogP contribution in [0, 0.1) is 40.4 Å². The maximum absolute atomic E-state index is 10.8. The lowest BCUT2D eigenvalue weighted by molar-refractivity contribution is -0.172. The highest BCUT2D eigenvalue weighted by atomic mass is 32.2. The summed E-state index contributed by atoms with van der Waals surface area (Å²) in [5.41, 5.74) is 0.895. The van der Waals surface area contributed by atoms with Gasteiger partial charge in [-0.25, -0.2) is 0 Å². The smallest absolute Gasteiger partial charge is 0.0839 e. The van der Waals surface area contributed by atoms with Gasteiger partial charge in [-0.2, -0.15) is 0 Å². The molecule has 1 aromatic rings. The van der Waals surface area contributed by atoms with Crippen LogP contribution < -0.4 is 0 Å². The van der Waals surface area contributed by atoms with Crippen LogP contribution in [0.25, 0.3) is 0 Å². The van der Waals surface area contributed by atoms with E-state index in [1.54, 1.807) is 0 Å². The molecule has 1 unspecified atom stereocenters. The highest BCUT2D eigenvalue weighted by Gasteiger charge is 2.61. The molecular weight excluding hydrogens is 426 g/mol. The molecule has 184 valence electrons. The average Bonchev–Trinajstić information content (AvgIpc) is 3.15. The van der Waals surface area contributed by atoms with Crippen LogP contribution >= 0.6 is 11.8 Å². The molecule has 4 aliphatic carbocycles. The van der Waals surface area contributed by atoms with Gasteiger partial charge in [0.15, 0.2) is 0 Å². The minimum atomic E-state index is -0.256. The molecule has 5 rings (SSSR count). The molecule has 0 aliphatic heterocycles.